The summed E-state index contributed by atoms with van der Waals surface area (Å²) >= 11 is 0. The van der Waals surface area contributed by atoms with Gasteiger partial charge in [0.05, 0.1) is 0 Å². The second-order valence-electron chi connectivity index (χ2n) is 4.27. The number of rotatable bonds is 1. The Morgan fingerprint density at radius 3 is 2.77 bits per heavy atom. The van der Waals surface area contributed by atoms with Crippen molar-refractivity contribution in [2.75, 3.05) is 0 Å². The first kappa shape index (κ1) is 8.61. The Bertz CT molecular complexity index is 294. The van der Waals surface area contributed by atoms with E-state index in [0.29, 0.717) is 17.8 Å². The van der Waals surface area contributed by atoms with Crippen molar-refractivity contribution < 1.29 is 0 Å². The van der Waals surface area contributed by atoms with Gasteiger partial charge >= 0.3 is 0 Å². The highest BCUT2D eigenvalue weighted by Crippen LogP contribution is 2.34. The molecule has 0 amide bonds. The molecule has 70 valence electrons. The van der Waals surface area contributed by atoms with E-state index in [-0.39, 0.29) is 0 Å². The predicted molar refractivity (Wildman–Crippen MR) is 55.9 cm³/mol. The summed E-state index contributed by atoms with van der Waals surface area (Å²) in [5, 5.41) is 3.37. The van der Waals surface area contributed by atoms with Gasteiger partial charge in [-0.05, 0) is 23.6 Å². The molecule has 0 aromatic carbocycles. The first-order chi connectivity index (χ1) is 6.20. The Labute approximate surface area is 80.2 Å². The minimum atomic E-state index is 0.599. The predicted octanol–water partition coefficient (Wildman–Crippen LogP) is 2.84. The molecular formula is C12H17N. The maximum absolute atomic E-state index is 3.37. The molecule has 0 radical (unpaired) electrons. The molecular weight excluding hydrogens is 158 g/mol. The third-order valence-electron chi connectivity index (χ3n) is 2.95. The molecule has 1 nitrogen and oxygen atoms in total. The van der Waals surface area contributed by atoms with E-state index in [1.807, 2.05) is 0 Å². The number of nitrogens with one attached hydrogen (secondary N) is 1. The van der Waals surface area contributed by atoms with Crippen molar-refractivity contribution in [1.29, 1.82) is 0 Å². The highest BCUT2D eigenvalue weighted by Gasteiger charge is 2.26. The lowest BCUT2D eigenvalue weighted by Crippen LogP contribution is -2.20. The molecule has 0 aromatic heterocycles. The largest absolute Gasteiger partial charge is 0.365 e. The number of fused-ring (bicyclic) bond motifs is 1. The van der Waals surface area contributed by atoms with E-state index in [1.54, 1.807) is 0 Å². The van der Waals surface area contributed by atoms with Crippen molar-refractivity contribution in [3.8, 4) is 0 Å². The monoisotopic (exact) mass is 175 g/mol. The van der Waals surface area contributed by atoms with Crippen LogP contribution in [0.15, 0.2) is 35.7 Å². The highest BCUT2D eigenvalue weighted by atomic mass is 14.9. The van der Waals surface area contributed by atoms with Crippen LogP contribution in [0.4, 0.5) is 0 Å². The van der Waals surface area contributed by atoms with Gasteiger partial charge in [0.15, 0.2) is 0 Å². The molecule has 0 saturated carbocycles. The third kappa shape index (κ3) is 1.32. The average molecular weight is 175 g/mol. The van der Waals surface area contributed by atoms with E-state index in [2.05, 4.69) is 50.5 Å². The molecule has 0 aromatic rings. The van der Waals surface area contributed by atoms with Crippen LogP contribution in [-0.2, 0) is 0 Å². The zero-order chi connectivity index (χ0) is 9.42. The van der Waals surface area contributed by atoms with Crippen LogP contribution in [0.2, 0.25) is 0 Å². The molecule has 1 aliphatic heterocycles. The first-order valence-corrected chi connectivity index (χ1v) is 5.05. The molecule has 13 heavy (non-hydrogen) atoms. The lowest BCUT2D eigenvalue weighted by atomic mass is 9.82. The second-order valence-corrected chi connectivity index (χ2v) is 4.27. The fraction of sp³-hybridized carbons (Fsp3) is 0.500. The Balaban J connectivity index is 2.37. The molecule has 2 unspecified atom stereocenters. The van der Waals surface area contributed by atoms with Crippen LogP contribution in [0, 0.1) is 17.8 Å². The maximum Gasteiger partial charge on any atom is 0.0257 e. The topological polar surface area (TPSA) is 12.0 Å². The summed E-state index contributed by atoms with van der Waals surface area (Å²) in [6.07, 6.45) is 8.94. The van der Waals surface area contributed by atoms with Gasteiger partial charge in [0, 0.05) is 11.6 Å². The molecule has 2 aliphatic rings. The van der Waals surface area contributed by atoms with E-state index in [4.69, 9.17) is 0 Å². The summed E-state index contributed by atoms with van der Waals surface area (Å²) in [5.41, 5.74) is 2.89. The van der Waals surface area contributed by atoms with Gasteiger partial charge in [-0.1, -0.05) is 39.0 Å². The molecule has 1 aliphatic carbocycles. The lowest BCUT2D eigenvalue weighted by molar-refractivity contribution is 0.553. The molecule has 0 fully saturated rings. The fourth-order valence-electron chi connectivity index (χ4n) is 2.12. The SMILES string of the molecule is CC(C)C1=C2NC=CC2C(C)C=C1. The normalized spacial score (nSPS) is 31.1. The van der Waals surface area contributed by atoms with Gasteiger partial charge in [-0.15, -0.1) is 0 Å². The van der Waals surface area contributed by atoms with Crippen LogP contribution < -0.4 is 5.32 Å². The number of hydrogen-bond acceptors (Lipinski definition) is 1. The first-order valence-electron chi connectivity index (χ1n) is 5.05. The van der Waals surface area contributed by atoms with Crippen LogP contribution in [0.1, 0.15) is 20.8 Å². The summed E-state index contributed by atoms with van der Waals surface area (Å²) in [6, 6.07) is 0. The highest BCUT2D eigenvalue weighted by molar-refractivity contribution is 5.38. The standard InChI is InChI=1S/C12H17N/c1-8(2)10-5-4-9(3)11-6-7-13-12(10)11/h4-9,11,13H,1-3H3. The van der Waals surface area contributed by atoms with Crippen LogP contribution in [0.5, 0.6) is 0 Å². The van der Waals surface area contributed by atoms with Crippen LogP contribution in [0.3, 0.4) is 0 Å². The zero-order valence-corrected chi connectivity index (χ0v) is 8.54. The Morgan fingerprint density at radius 1 is 1.31 bits per heavy atom. The third-order valence-corrected chi connectivity index (χ3v) is 2.95. The van der Waals surface area contributed by atoms with Gasteiger partial charge in [-0.2, -0.15) is 0 Å². The number of hydrogen-bond donors (Lipinski definition) is 1. The van der Waals surface area contributed by atoms with Gasteiger partial charge in [0.2, 0.25) is 0 Å². The van der Waals surface area contributed by atoms with Crippen molar-refractivity contribution >= 4 is 0 Å². The van der Waals surface area contributed by atoms with E-state index in [9.17, 15) is 0 Å². The molecule has 0 bridgehead atoms. The summed E-state index contributed by atoms with van der Waals surface area (Å²) in [4.78, 5) is 0. The quantitative estimate of drug-likeness (QED) is 0.646. The van der Waals surface area contributed by atoms with Gasteiger partial charge in [0.25, 0.3) is 0 Å². The smallest absolute Gasteiger partial charge is 0.0257 e. The molecule has 1 heteroatoms. The second kappa shape index (κ2) is 3.06. The number of allylic oxidation sites excluding steroid dienone is 4. The van der Waals surface area contributed by atoms with Crippen molar-refractivity contribution in [1.82, 2.24) is 5.32 Å². The summed E-state index contributed by atoms with van der Waals surface area (Å²) in [6.45, 7) is 6.77. The van der Waals surface area contributed by atoms with Crippen LogP contribution in [0.25, 0.3) is 0 Å². The average Bonchev–Trinajstić information content (AvgIpc) is 2.53. The fourth-order valence-corrected chi connectivity index (χ4v) is 2.12. The minimum Gasteiger partial charge on any atom is -0.365 e. The summed E-state index contributed by atoms with van der Waals surface area (Å²) in [7, 11) is 0. The maximum atomic E-state index is 3.37. The van der Waals surface area contributed by atoms with Crippen LogP contribution in [-0.4, -0.2) is 0 Å². The summed E-state index contributed by atoms with van der Waals surface area (Å²) in [5.74, 6) is 1.86. The van der Waals surface area contributed by atoms with Crippen molar-refractivity contribution in [3.63, 3.8) is 0 Å². The summed E-state index contributed by atoms with van der Waals surface area (Å²) < 4.78 is 0. The molecule has 2 atom stereocenters. The molecule has 0 saturated heterocycles. The van der Waals surface area contributed by atoms with Gasteiger partial charge in [-0.25, -0.2) is 0 Å². The Morgan fingerprint density at radius 2 is 2.08 bits per heavy atom. The lowest BCUT2D eigenvalue weighted by Gasteiger charge is -2.25. The Kier molecular flexibility index (Phi) is 2.03. The molecule has 1 heterocycles. The van der Waals surface area contributed by atoms with Crippen molar-refractivity contribution in [2.24, 2.45) is 17.8 Å². The van der Waals surface area contributed by atoms with Crippen molar-refractivity contribution in [3.05, 3.63) is 35.7 Å². The molecule has 0 spiro atoms. The Hall–Kier alpha value is -0.980. The van der Waals surface area contributed by atoms with E-state index >= 15 is 0 Å². The van der Waals surface area contributed by atoms with Crippen molar-refractivity contribution in [2.45, 2.75) is 20.8 Å². The van der Waals surface area contributed by atoms with E-state index in [1.165, 1.54) is 11.3 Å². The molecule has 2 rings (SSSR count). The van der Waals surface area contributed by atoms with Crippen LogP contribution >= 0.6 is 0 Å². The minimum absolute atomic E-state index is 0.599. The molecule has 1 N–H and O–H groups in total. The van der Waals surface area contributed by atoms with Gasteiger partial charge in [0.1, 0.15) is 0 Å². The zero-order valence-electron chi connectivity index (χ0n) is 8.54. The van der Waals surface area contributed by atoms with Gasteiger partial charge in [-0.3, -0.25) is 0 Å². The van der Waals surface area contributed by atoms with Gasteiger partial charge < -0.3 is 5.32 Å². The van der Waals surface area contributed by atoms with E-state index in [0.717, 1.165) is 0 Å². The van der Waals surface area contributed by atoms with E-state index < -0.39 is 0 Å².